The van der Waals surface area contributed by atoms with E-state index in [0.29, 0.717) is 11.8 Å². The van der Waals surface area contributed by atoms with Crippen LogP contribution >= 0.6 is 0 Å². The Labute approximate surface area is 149 Å². The van der Waals surface area contributed by atoms with E-state index in [4.69, 9.17) is 0 Å². The van der Waals surface area contributed by atoms with Gasteiger partial charge in [-0.05, 0) is 64.8 Å². The van der Waals surface area contributed by atoms with E-state index < -0.39 is 0 Å². The van der Waals surface area contributed by atoms with Gasteiger partial charge in [-0.2, -0.15) is 0 Å². The molecule has 0 saturated carbocycles. The Morgan fingerprint density at radius 3 is 1.88 bits per heavy atom. The summed E-state index contributed by atoms with van der Waals surface area (Å²) in [5.74, 6) is 1.94. The van der Waals surface area contributed by atoms with Crippen LogP contribution in [0.25, 0.3) is 0 Å². The fourth-order valence-corrected chi connectivity index (χ4v) is 3.17. The highest BCUT2D eigenvalue weighted by molar-refractivity contribution is 5.39. The van der Waals surface area contributed by atoms with Gasteiger partial charge in [-0.15, -0.1) is 0 Å². The van der Waals surface area contributed by atoms with Crippen molar-refractivity contribution < 1.29 is 0 Å². The van der Waals surface area contributed by atoms with Crippen molar-refractivity contribution in [3.8, 4) is 0 Å². The maximum Gasteiger partial charge on any atom is -0.00229 e. The maximum absolute atomic E-state index is 2.42. The van der Waals surface area contributed by atoms with E-state index in [1.165, 1.54) is 40.7 Å². The summed E-state index contributed by atoms with van der Waals surface area (Å²) in [6, 6.07) is 16.3. The lowest BCUT2D eigenvalue weighted by Gasteiger charge is -2.17. The maximum atomic E-state index is 2.42. The molecule has 0 radical (unpaired) electrons. The molecule has 0 nitrogen and oxygen atoms in total. The van der Waals surface area contributed by atoms with Crippen LogP contribution in [0.5, 0.6) is 0 Å². The summed E-state index contributed by atoms with van der Waals surface area (Å²) < 4.78 is 0. The Hall–Kier alpha value is -1.56. The summed E-state index contributed by atoms with van der Waals surface area (Å²) in [6.07, 6.45) is 3.50. The van der Waals surface area contributed by atoms with Gasteiger partial charge in [0, 0.05) is 0 Å². The predicted molar refractivity (Wildman–Crippen MR) is 107 cm³/mol. The molecule has 0 heteroatoms. The van der Waals surface area contributed by atoms with Gasteiger partial charge < -0.3 is 0 Å². The summed E-state index contributed by atoms with van der Waals surface area (Å²) in [4.78, 5) is 0. The van der Waals surface area contributed by atoms with Crippen molar-refractivity contribution in [1.82, 2.24) is 0 Å². The van der Waals surface area contributed by atoms with E-state index in [0.717, 1.165) is 12.3 Å². The van der Waals surface area contributed by atoms with Crippen LogP contribution in [0.4, 0.5) is 0 Å². The lowest BCUT2D eigenvalue weighted by molar-refractivity contribution is 0.586. The van der Waals surface area contributed by atoms with E-state index in [1.54, 1.807) is 0 Å². The topological polar surface area (TPSA) is 0 Å². The zero-order chi connectivity index (χ0) is 17.7. The minimum atomic E-state index is 0.573. The molecule has 0 amide bonds. The molecule has 0 aliphatic rings. The van der Waals surface area contributed by atoms with E-state index in [1.807, 2.05) is 0 Å². The Morgan fingerprint density at radius 1 is 0.708 bits per heavy atom. The zero-order valence-corrected chi connectivity index (χ0v) is 16.4. The first kappa shape index (κ1) is 18.8. The average molecular weight is 323 g/mol. The van der Waals surface area contributed by atoms with Crippen LogP contribution in [0.3, 0.4) is 0 Å². The third-order valence-corrected chi connectivity index (χ3v) is 4.89. The Bertz CT molecular complexity index is 630. The van der Waals surface area contributed by atoms with Gasteiger partial charge in [0.05, 0.1) is 0 Å². The standard InChI is InChI=1S/C24H34/c1-17(2)7-8-20-9-11-21(12-10-20)15-23-14-13-22(18(3)4)16-24(23)19(5)6/h9-14,16-19H,7-8,15H2,1-6H3. The minimum Gasteiger partial charge on any atom is -0.0628 e. The summed E-state index contributed by atoms with van der Waals surface area (Å²) in [5.41, 5.74) is 7.31. The van der Waals surface area contributed by atoms with Crippen LogP contribution in [-0.2, 0) is 12.8 Å². The Balaban J connectivity index is 2.15. The van der Waals surface area contributed by atoms with Crippen molar-refractivity contribution in [3.63, 3.8) is 0 Å². The molecule has 0 fully saturated rings. The molecule has 0 spiro atoms. The molecular weight excluding hydrogens is 288 g/mol. The van der Waals surface area contributed by atoms with Gasteiger partial charge in [-0.3, -0.25) is 0 Å². The molecular formula is C24H34. The number of benzene rings is 2. The van der Waals surface area contributed by atoms with Gasteiger partial charge in [0.1, 0.15) is 0 Å². The van der Waals surface area contributed by atoms with Gasteiger partial charge in [0.25, 0.3) is 0 Å². The molecule has 2 aromatic rings. The molecule has 0 aromatic heterocycles. The quantitative estimate of drug-likeness (QED) is 0.509. The van der Waals surface area contributed by atoms with Gasteiger partial charge in [-0.25, -0.2) is 0 Å². The number of hydrogen-bond acceptors (Lipinski definition) is 0. The highest BCUT2D eigenvalue weighted by Gasteiger charge is 2.10. The van der Waals surface area contributed by atoms with Crippen LogP contribution in [-0.4, -0.2) is 0 Å². The fraction of sp³-hybridized carbons (Fsp3) is 0.500. The van der Waals surface area contributed by atoms with E-state index in [-0.39, 0.29) is 0 Å². The van der Waals surface area contributed by atoms with Crippen LogP contribution in [0, 0.1) is 5.92 Å². The van der Waals surface area contributed by atoms with Crippen LogP contribution < -0.4 is 0 Å². The predicted octanol–water partition coefficient (Wildman–Crippen LogP) is 7.11. The first-order valence-electron chi connectivity index (χ1n) is 9.57. The van der Waals surface area contributed by atoms with Crippen molar-refractivity contribution in [2.75, 3.05) is 0 Å². The molecule has 0 heterocycles. The van der Waals surface area contributed by atoms with Crippen molar-refractivity contribution in [3.05, 3.63) is 70.3 Å². The van der Waals surface area contributed by atoms with Crippen molar-refractivity contribution in [2.24, 2.45) is 5.92 Å². The van der Waals surface area contributed by atoms with Gasteiger partial charge in [0.15, 0.2) is 0 Å². The van der Waals surface area contributed by atoms with E-state index >= 15 is 0 Å². The summed E-state index contributed by atoms with van der Waals surface area (Å²) in [7, 11) is 0. The molecule has 24 heavy (non-hydrogen) atoms. The van der Waals surface area contributed by atoms with Crippen molar-refractivity contribution >= 4 is 0 Å². The number of aryl methyl sites for hydroxylation is 1. The molecule has 130 valence electrons. The smallest absolute Gasteiger partial charge is 0.00229 e. The molecule has 2 aromatic carbocycles. The third-order valence-electron chi connectivity index (χ3n) is 4.89. The monoisotopic (exact) mass is 322 g/mol. The lowest BCUT2D eigenvalue weighted by atomic mass is 9.89. The van der Waals surface area contributed by atoms with Crippen LogP contribution in [0.15, 0.2) is 42.5 Å². The third kappa shape index (κ3) is 5.23. The first-order valence-corrected chi connectivity index (χ1v) is 9.57. The molecule has 0 aliphatic carbocycles. The highest BCUT2D eigenvalue weighted by atomic mass is 14.2. The second-order valence-corrected chi connectivity index (χ2v) is 8.19. The minimum absolute atomic E-state index is 0.573. The van der Waals surface area contributed by atoms with Crippen molar-refractivity contribution in [2.45, 2.75) is 72.6 Å². The van der Waals surface area contributed by atoms with Crippen molar-refractivity contribution in [1.29, 1.82) is 0 Å². The van der Waals surface area contributed by atoms with E-state index in [9.17, 15) is 0 Å². The largest absolute Gasteiger partial charge is 0.0628 e. The van der Waals surface area contributed by atoms with Gasteiger partial charge in [-0.1, -0.05) is 84.0 Å². The molecule has 0 atom stereocenters. The fourth-order valence-electron chi connectivity index (χ4n) is 3.17. The lowest BCUT2D eigenvalue weighted by Crippen LogP contribution is -2.01. The van der Waals surface area contributed by atoms with Crippen LogP contribution in [0.1, 0.15) is 87.6 Å². The Kier molecular flexibility index (Phi) is 6.66. The SMILES string of the molecule is CC(C)CCc1ccc(Cc2ccc(C(C)C)cc2C(C)C)cc1. The van der Waals surface area contributed by atoms with Crippen LogP contribution in [0.2, 0.25) is 0 Å². The van der Waals surface area contributed by atoms with Gasteiger partial charge >= 0.3 is 0 Å². The summed E-state index contributed by atoms with van der Waals surface area (Å²) in [6.45, 7) is 13.7. The first-order chi connectivity index (χ1) is 11.4. The molecule has 0 unspecified atom stereocenters. The summed E-state index contributed by atoms with van der Waals surface area (Å²) in [5, 5.41) is 0. The molecule has 0 bridgehead atoms. The normalized spacial score (nSPS) is 11.7. The Morgan fingerprint density at radius 2 is 1.33 bits per heavy atom. The van der Waals surface area contributed by atoms with E-state index in [2.05, 4.69) is 84.0 Å². The second-order valence-electron chi connectivity index (χ2n) is 8.19. The molecule has 0 saturated heterocycles. The second kappa shape index (κ2) is 8.51. The molecule has 0 N–H and O–H groups in total. The number of rotatable bonds is 7. The van der Waals surface area contributed by atoms with Gasteiger partial charge in [0.2, 0.25) is 0 Å². The summed E-state index contributed by atoms with van der Waals surface area (Å²) >= 11 is 0. The molecule has 2 rings (SSSR count). The molecule has 0 aliphatic heterocycles. The number of hydrogen-bond donors (Lipinski definition) is 0. The highest BCUT2D eigenvalue weighted by Crippen LogP contribution is 2.27. The zero-order valence-electron chi connectivity index (χ0n) is 16.4. The average Bonchev–Trinajstić information content (AvgIpc) is 2.54.